The van der Waals surface area contributed by atoms with Gasteiger partial charge in [0.25, 0.3) is 0 Å². The van der Waals surface area contributed by atoms with Crippen molar-refractivity contribution < 1.29 is 0 Å². The van der Waals surface area contributed by atoms with Gasteiger partial charge in [-0.3, -0.25) is 4.90 Å². The minimum Gasteiger partial charge on any atom is -0.318 e. The lowest BCUT2D eigenvalue weighted by Crippen LogP contribution is -2.13. The first kappa shape index (κ1) is 6.05. The molecule has 2 N–H and O–H groups in total. The fourth-order valence-electron chi connectivity index (χ4n) is 1.36. The third kappa shape index (κ3) is 0.740. The Morgan fingerprint density at radius 2 is 2.25 bits per heavy atom. The van der Waals surface area contributed by atoms with E-state index >= 15 is 0 Å². The summed E-state index contributed by atoms with van der Waals surface area (Å²) in [7, 11) is 0. The first-order valence-corrected chi connectivity index (χ1v) is 3.27. The lowest BCUT2D eigenvalue weighted by atomic mass is 10.3. The first-order chi connectivity index (χ1) is 3.81. The number of hydrogen-bond acceptors (Lipinski definition) is 2. The molecule has 8 heavy (non-hydrogen) atoms. The SMILES string of the molecule is CCC1C(C)N1CN. The molecule has 2 heteroatoms. The summed E-state index contributed by atoms with van der Waals surface area (Å²) in [6.07, 6.45) is 1.25. The van der Waals surface area contributed by atoms with Crippen LogP contribution < -0.4 is 5.73 Å². The van der Waals surface area contributed by atoms with E-state index in [0.29, 0.717) is 0 Å². The summed E-state index contributed by atoms with van der Waals surface area (Å²) in [5.41, 5.74) is 5.42. The van der Waals surface area contributed by atoms with Crippen LogP contribution in [0.15, 0.2) is 0 Å². The Balaban J connectivity index is 2.23. The van der Waals surface area contributed by atoms with Crippen LogP contribution in [0.5, 0.6) is 0 Å². The van der Waals surface area contributed by atoms with E-state index in [1.807, 2.05) is 0 Å². The van der Waals surface area contributed by atoms with Gasteiger partial charge < -0.3 is 5.73 Å². The molecule has 1 rings (SSSR count). The van der Waals surface area contributed by atoms with Crippen LogP contribution in [0.25, 0.3) is 0 Å². The quantitative estimate of drug-likeness (QED) is 0.526. The topological polar surface area (TPSA) is 29.0 Å². The van der Waals surface area contributed by atoms with Gasteiger partial charge in [0, 0.05) is 18.8 Å². The highest BCUT2D eigenvalue weighted by atomic mass is 15.4. The predicted octanol–water partition coefficient (Wildman–Crippen LogP) is 0.385. The molecule has 3 unspecified atom stereocenters. The second kappa shape index (κ2) is 2.03. The Hall–Kier alpha value is -0.0800. The van der Waals surface area contributed by atoms with Crippen LogP contribution in [0.3, 0.4) is 0 Å². The van der Waals surface area contributed by atoms with E-state index in [0.717, 1.165) is 18.8 Å². The van der Waals surface area contributed by atoms with Crippen molar-refractivity contribution in [2.75, 3.05) is 6.67 Å². The second-order valence-electron chi connectivity index (χ2n) is 2.41. The van der Waals surface area contributed by atoms with Gasteiger partial charge >= 0.3 is 0 Å². The number of rotatable bonds is 2. The molecule has 0 aromatic carbocycles. The summed E-state index contributed by atoms with van der Waals surface area (Å²) in [5, 5.41) is 0. The molecule has 0 aromatic rings. The molecule has 0 radical (unpaired) electrons. The van der Waals surface area contributed by atoms with Crippen molar-refractivity contribution in [2.24, 2.45) is 5.73 Å². The molecule has 3 atom stereocenters. The smallest absolute Gasteiger partial charge is 0.0462 e. The zero-order valence-electron chi connectivity index (χ0n) is 5.59. The van der Waals surface area contributed by atoms with Crippen LogP contribution in [0, 0.1) is 0 Å². The Bertz CT molecular complexity index is 72.6. The molecule has 0 saturated carbocycles. The van der Waals surface area contributed by atoms with E-state index in [2.05, 4.69) is 18.7 Å². The van der Waals surface area contributed by atoms with Gasteiger partial charge in [0.2, 0.25) is 0 Å². The summed E-state index contributed by atoms with van der Waals surface area (Å²) < 4.78 is 0. The minimum atomic E-state index is 0.736. The third-order valence-electron chi connectivity index (χ3n) is 2.05. The Kier molecular flexibility index (Phi) is 1.54. The van der Waals surface area contributed by atoms with Gasteiger partial charge in [-0.1, -0.05) is 6.92 Å². The Morgan fingerprint density at radius 1 is 1.62 bits per heavy atom. The maximum atomic E-state index is 5.42. The highest BCUT2D eigenvalue weighted by Gasteiger charge is 2.40. The van der Waals surface area contributed by atoms with Crippen LogP contribution in [0.2, 0.25) is 0 Å². The molecule has 1 aliphatic heterocycles. The van der Waals surface area contributed by atoms with Crippen molar-refractivity contribution in [3.63, 3.8) is 0 Å². The summed E-state index contributed by atoms with van der Waals surface area (Å²) in [5.74, 6) is 0. The van der Waals surface area contributed by atoms with E-state index in [9.17, 15) is 0 Å². The maximum absolute atomic E-state index is 5.42. The highest BCUT2D eigenvalue weighted by molar-refractivity contribution is 4.96. The zero-order chi connectivity index (χ0) is 6.15. The van der Waals surface area contributed by atoms with E-state index < -0.39 is 0 Å². The summed E-state index contributed by atoms with van der Waals surface area (Å²) >= 11 is 0. The second-order valence-corrected chi connectivity index (χ2v) is 2.41. The monoisotopic (exact) mass is 114 g/mol. The van der Waals surface area contributed by atoms with Crippen molar-refractivity contribution >= 4 is 0 Å². The number of nitrogens with zero attached hydrogens (tertiary/aromatic N) is 1. The van der Waals surface area contributed by atoms with Crippen LogP contribution in [0.4, 0.5) is 0 Å². The van der Waals surface area contributed by atoms with E-state index in [4.69, 9.17) is 5.73 Å². The van der Waals surface area contributed by atoms with E-state index in [1.54, 1.807) is 0 Å². The van der Waals surface area contributed by atoms with E-state index in [1.165, 1.54) is 6.42 Å². The molecular formula is C6H14N2. The summed E-state index contributed by atoms with van der Waals surface area (Å²) in [4.78, 5) is 2.29. The fraction of sp³-hybridized carbons (Fsp3) is 1.00. The number of hydrogen-bond donors (Lipinski definition) is 1. The maximum Gasteiger partial charge on any atom is 0.0462 e. The van der Waals surface area contributed by atoms with Gasteiger partial charge in [-0.05, 0) is 13.3 Å². The molecule has 0 spiro atoms. The summed E-state index contributed by atoms with van der Waals surface area (Å²) in [6, 6.07) is 1.55. The molecule has 0 bridgehead atoms. The molecule has 2 nitrogen and oxygen atoms in total. The van der Waals surface area contributed by atoms with Crippen molar-refractivity contribution in [1.29, 1.82) is 0 Å². The lowest BCUT2D eigenvalue weighted by molar-refractivity contribution is 0.494. The zero-order valence-corrected chi connectivity index (χ0v) is 5.59. The minimum absolute atomic E-state index is 0.736. The van der Waals surface area contributed by atoms with Gasteiger partial charge in [0.15, 0.2) is 0 Å². The average molecular weight is 114 g/mol. The van der Waals surface area contributed by atoms with Crippen molar-refractivity contribution in [2.45, 2.75) is 32.4 Å². The van der Waals surface area contributed by atoms with Crippen LogP contribution >= 0.6 is 0 Å². The van der Waals surface area contributed by atoms with Gasteiger partial charge in [-0.2, -0.15) is 0 Å². The predicted molar refractivity (Wildman–Crippen MR) is 34.4 cm³/mol. The van der Waals surface area contributed by atoms with Gasteiger partial charge in [0.05, 0.1) is 0 Å². The van der Waals surface area contributed by atoms with Crippen LogP contribution in [-0.2, 0) is 0 Å². The first-order valence-electron chi connectivity index (χ1n) is 3.27. The molecule has 48 valence electrons. The molecule has 1 fully saturated rings. The molecular weight excluding hydrogens is 100 g/mol. The fourth-order valence-corrected chi connectivity index (χ4v) is 1.36. The molecule has 0 aliphatic carbocycles. The van der Waals surface area contributed by atoms with E-state index in [-0.39, 0.29) is 0 Å². The van der Waals surface area contributed by atoms with Gasteiger partial charge in [0.1, 0.15) is 0 Å². The third-order valence-corrected chi connectivity index (χ3v) is 2.05. The van der Waals surface area contributed by atoms with Crippen LogP contribution in [0.1, 0.15) is 20.3 Å². The van der Waals surface area contributed by atoms with Crippen molar-refractivity contribution in [3.05, 3.63) is 0 Å². The lowest BCUT2D eigenvalue weighted by Gasteiger charge is -1.91. The highest BCUT2D eigenvalue weighted by Crippen LogP contribution is 2.27. The molecule has 1 saturated heterocycles. The van der Waals surface area contributed by atoms with Crippen molar-refractivity contribution in [1.82, 2.24) is 4.90 Å². The molecule has 1 aliphatic rings. The molecule has 0 aromatic heterocycles. The summed E-state index contributed by atoms with van der Waals surface area (Å²) in [6.45, 7) is 5.16. The Labute approximate surface area is 50.7 Å². The Morgan fingerprint density at radius 3 is 2.38 bits per heavy atom. The molecule has 0 amide bonds. The van der Waals surface area contributed by atoms with Crippen molar-refractivity contribution in [3.8, 4) is 0 Å². The van der Waals surface area contributed by atoms with Gasteiger partial charge in [-0.15, -0.1) is 0 Å². The largest absolute Gasteiger partial charge is 0.318 e. The molecule has 1 heterocycles. The van der Waals surface area contributed by atoms with Crippen LogP contribution in [-0.4, -0.2) is 23.7 Å². The normalized spacial score (nSPS) is 44.6. The number of nitrogens with two attached hydrogens (primary N) is 1. The standard InChI is InChI=1S/C6H14N2/c1-3-6-5(2)8(6)4-7/h5-6H,3-4,7H2,1-2H3. The average Bonchev–Trinajstić information content (AvgIpc) is 2.40. The van der Waals surface area contributed by atoms with Gasteiger partial charge in [-0.25, -0.2) is 0 Å².